The zero-order valence-corrected chi connectivity index (χ0v) is 34.4. The smallest absolute Gasteiger partial charge is 0.326 e. The van der Waals surface area contributed by atoms with Gasteiger partial charge in [0.25, 0.3) is 0 Å². The third-order valence-corrected chi connectivity index (χ3v) is 10.2. The number of thiocarbonyl (C=S) groups is 1. The number of rotatable bonds is 23. The molecule has 17 heteroatoms. The summed E-state index contributed by atoms with van der Waals surface area (Å²) in [6.45, 7) is 10.0. The summed E-state index contributed by atoms with van der Waals surface area (Å²) in [7, 11) is 4.27. The molecule has 0 radical (unpaired) electrons. The molecule has 316 valence electrons. The summed E-state index contributed by atoms with van der Waals surface area (Å²) >= 11 is 5.51. The number of carbonyl (C=O) groups is 5. The number of unbranched alkanes of at least 4 members (excludes halogenated alkanes) is 4. The summed E-state index contributed by atoms with van der Waals surface area (Å²) in [6.07, 6.45) is 5.66. The van der Waals surface area contributed by atoms with Gasteiger partial charge < -0.3 is 51.3 Å². The van der Waals surface area contributed by atoms with E-state index in [0.717, 1.165) is 89.2 Å². The van der Waals surface area contributed by atoms with Crippen molar-refractivity contribution in [3.05, 3.63) is 29.8 Å². The van der Waals surface area contributed by atoms with Crippen LogP contribution >= 0.6 is 12.2 Å². The van der Waals surface area contributed by atoms with Gasteiger partial charge in [-0.25, -0.2) is 9.59 Å². The predicted octanol–water partition coefficient (Wildman–Crippen LogP) is 2.78. The van der Waals surface area contributed by atoms with E-state index < -0.39 is 30.0 Å². The van der Waals surface area contributed by atoms with E-state index in [1.54, 1.807) is 0 Å². The van der Waals surface area contributed by atoms with Crippen LogP contribution in [0.4, 0.5) is 10.5 Å². The minimum absolute atomic E-state index is 0.00959. The fourth-order valence-corrected chi connectivity index (χ4v) is 6.70. The minimum atomic E-state index is -1.23. The largest absolute Gasteiger partial charge is 0.481 e. The van der Waals surface area contributed by atoms with Crippen LogP contribution in [0.3, 0.4) is 0 Å². The van der Waals surface area contributed by atoms with Gasteiger partial charge in [0.2, 0.25) is 0 Å². The van der Waals surface area contributed by atoms with E-state index >= 15 is 0 Å². The van der Waals surface area contributed by atoms with Gasteiger partial charge in [-0.3, -0.25) is 19.3 Å². The number of benzene rings is 1. The Morgan fingerprint density at radius 3 is 2.09 bits per heavy atom. The third kappa shape index (κ3) is 22.0. The Balaban J connectivity index is 1.69. The second-order valence-electron chi connectivity index (χ2n) is 14.7. The quantitative estimate of drug-likeness (QED) is 0.0627. The van der Waals surface area contributed by atoms with Gasteiger partial charge in [-0.15, -0.1) is 0 Å². The van der Waals surface area contributed by atoms with E-state index in [-0.39, 0.29) is 50.6 Å². The maximum Gasteiger partial charge on any atom is 0.326 e. The van der Waals surface area contributed by atoms with Crippen molar-refractivity contribution in [2.75, 3.05) is 91.4 Å². The van der Waals surface area contributed by atoms with Crippen molar-refractivity contribution in [3.63, 3.8) is 0 Å². The molecule has 0 saturated carbocycles. The Bertz CT molecular complexity index is 1370. The minimum Gasteiger partial charge on any atom is -0.481 e. The van der Waals surface area contributed by atoms with Crippen LogP contribution in [-0.2, 0) is 25.6 Å². The number of amides is 2. The molecule has 1 unspecified atom stereocenters. The molecular formula is C39H66N8O8S. The van der Waals surface area contributed by atoms with Crippen molar-refractivity contribution < 1.29 is 39.3 Å². The van der Waals surface area contributed by atoms with Gasteiger partial charge in [-0.2, -0.15) is 0 Å². The molecule has 1 aromatic carbocycles. The van der Waals surface area contributed by atoms with Crippen molar-refractivity contribution in [1.82, 2.24) is 35.6 Å². The Labute approximate surface area is 337 Å². The van der Waals surface area contributed by atoms with Crippen LogP contribution in [0.2, 0.25) is 0 Å². The van der Waals surface area contributed by atoms with Crippen LogP contribution < -0.4 is 21.3 Å². The molecule has 0 spiro atoms. The Hall–Kier alpha value is -3.90. The molecule has 1 aliphatic heterocycles. The molecule has 0 bridgehead atoms. The number of likely N-dealkylation sites (N-methyl/N-ethyl adjacent to an activating group) is 3. The number of nitrogens with one attached hydrogen (secondary N) is 4. The number of carboxylic acids is 3. The molecule has 1 saturated heterocycles. The molecule has 0 aromatic heterocycles. The first-order valence-corrected chi connectivity index (χ1v) is 20.4. The van der Waals surface area contributed by atoms with Crippen LogP contribution in [0.15, 0.2) is 24.3 Å². The van der Waals surface area contributed by atoms with E-state index in [0.29, 0.717) is 31.0 Å². The molecule has 16 nitrogen and oxygen atoms in total. The van der Waals surface area contributed by atoms with Crippen molar-refractivity contribution in [2.45, 2.75) is 89.6 Å². The summed E-state index contributed by atoms with van der Waals surface area (Å²) in [5.41, 5.74) is 2.01. The molecule has 2 atom stereocenters. The highest BCUT2D eigenvalue weighted by Gasteiger charge is 2.25. The monoisotopic (exact) mass is 806 g/mol. The topological polar surface area (TPSA) is 207 Å². The first-order chi connectivity index (χ1) is 26.7. The highest BCUT2D eigenvalue weighted by Crippen LogP contribution is 2.16. The van der Waals surface area contributed by atoms with Gasteiger partial charge in [0.05, 0.1) is 6.54 Å². The van der Waals surface area contributed by atoms with E-state index in [1.165, 1.54) is 0 Å². The van der Waals surface area contributed by atoms with Gasteiger partial charge in [0.15, 0.2) is 5.11 Å². The van der Waals surface area contributed by atoms with E-state index in [2.05, 4.69) is 74.0 Å². The predicted molar refractivity (Wildman–Crippen MR) is 221 cm³/mol. The number of hydrogen-bond donors (Lipinski definition) is 7. The van der Waals surface area contributed by atoms with Gasteiger partial charge in [-0.05, 0) is 82.7 Å². The van der Waals surface area contributed by atoms with Crippen molar-refractivity contribution >= 4 is 52.7 Å². The number of anilines is 1. The Morgan fingerprint density at radius 1 is 0.768 bits per heavy atom. The van der Waals surface area contributed by atoms with Crippen LogP contribution in [0, 0.1) is 0 Å². The number of hydrogen-bond acceptors (Lipinski definition) is 10. The summed E-state index contributed by atoms with van der Waals surface area (Å²) in [4.78, 5) is 67.4. The van der Waals surface area contributed by atoms with Crippen LogP contribution in [0.5, 0.6) is 0 Å². The molecule has 1 aromatic rings. The van der Waals surface area contributed by atoms with Crippen LogP contribution in [0.1, 0.15) is 76.7 Å². The molecule has 1 fully saturated rings. The third-order valence-electron chi connectivity index (χ3n) is 9.96. The number of aliphatic carboxylic acids is 3. The second kappa shape index (κ2) is 27.7. The highest BCUT2D eigenvalue weighted by atomic mass is 32.1. The first-order valence-electron chi connectivity index (χ1n) is 19.9. The standard InChI is InChI=1S/C39H66N8O8S/c1-4-46-24-23-44(2)21-22-45(3)28-32(47(26-25-46)29-36(51)52)27-30-13-15-31(16-14-30)42-39(56)41-19-9-7-5-6-8-11-33(48)17-18-34(37(53)54)43-38(55)40-20-10-12-35(49)50/h13-16,32,34H,4-12,17-29H2,1-3H3,(H,49,50)(H,51,52)(H,53,54)(H2,40,43,55)(H2,41,42,56)/t32?,34-/m0/s1. The number of ketones is 1. The van der Waals surface area contributed by atoms with Gasteiger partial charge in [0, 0.05) is 89.9 Å². The summed E-state index contributed by atoms with van der Waals surface area (Å²) < 4.78 is 0. The van der Waals surface area contributed by atoms with Crippen molar-refractivity contribution in [3.8, 4) is 0 Å². The molecule has 1 heterocycles. The maximum atomic E-state index is 12.3. The number of Topliss-reactive ketones (excluding diaryl/α,β-unsaturated/α-hetero) is 1. The molecule has 0 aliphatic carbocycles. The molecular weight excluding hydrogens is 741 g/mol. The van der Waals surface area contributed by atoms with E-state index in [9.17, 15) is 34.2 Å². The average Bonchev–Trinajstić information content (AvgIpc) is 3.14. The average molecular weight is 807 g/mol. The molecule has 7 N–H and O–H groups in total. The Kier molecular flexibility index (Phi) is 23.8. The fourth-order valence-electron chi connectivity index (χ4n) is 6.48. The molecule has 56 heavy (non-hydrogen) atoms. The number of nitrogens with zero attached hydrogens (tertiary/aromatic N) is 4. The fraction of sp³-hybridized carbons (Fsp3) is 0.692. The molecule has 2 amide bonds. The van der Waals surface area contributed by atoms with Gasteiger partial charge >= 0.3 is 23.9 Å². The Morgan fingerprint density at radius 2 is 1.41 bits per heavy atom. The van der Waals surface area contributed by atoms with Gasteiger partial charge in [-0.1, -0.05) is 38.3 Å². The lowest BCUT2D eigenvalue weighted by molar-refractivity contribution is -0.140. The highest BCUT2D eigenvalue weighted by molar-refractivity contribution is 7.80. The SMILES string of the molecule is CCN1CCN(C)CCN(C)CC(Cc2ccc(NC(=S)NCCCCCCCC(=O)CC[C@H](NC(=O)NCCCC(=O)O)C(=O)O)cc2)N(CC(=O)O)CC1. The van der Waals surface area contributed by atoms with Gasteiger partial charge in [0.1, 0.15) is 11.8 Å². The number of urea groups is 1. The normalized spacial score (nSPS) is 17.2. The lowest BCUT2D eigenvalue weighted by Crippen LogP contribution is -2.51. The maximum absolute atomic E-state index is 12.3. The zero-order valence-electron chi connectivity index (χ0n) is 33.6. The first kappa shape index (κ1) is 48.2. The lowest BCUT2D eigenvalue weighted by Gasteiger charge is -2.36. The summed E-state index contributed by atoms with van der Waals surface area (Å²) in [5, 5.41) is 39.6. The second-order valence-corrected chi connectivity index (χ2v) is 15.1. The lowest BCUT2D eigenvalue weighted by atomic mass is 10.0. The van der Waals surface area contributed by atoms with Crippen LogP contribution in [0.25, 0.3) is 0 Å². The van der Waals surface area contributed by atoms with Crippen molar-refractivity contribution in [2.24, 2.45) is 0 Å². The van der Waals surface area contributed by atoms with E-state index in [4.69, 9.17) is 17.3 Å². The summed E-state index contributed by atoms with van der Waals surface area (Å²) in [5.74, 6) is -3.07. The number of carbonyl (C=O) groups excluding carboxylic acids is 2. The summed E-state index contributed by atoms with van der Waals surface area (Å²) in [6, 6.07) is 6.29. The zero-order chi connectivity index (χ0) is 41.3. The van der Waals surface area contributed by atoms with E-state index in [1.807, 2.05) is 12.1 Å². The molecule has 2 rings (SSSR count). The van der Waals surface area contributed by atoms with Crippen molar-refractivity contribution in [1.29, 1.82) is 0 Å². The number of carboxylic acid groups (broad SMARTS) is 3. The van der Waals surface area contributed by atoms with Crippen LogP contribution in [-0.4, -0.2) is 168 Å². The molecule has 1 aliphatic rings.